The second kappa shape index (κ2) is 9.56. The molecule has 1 saturated carbocycles. The smallest absolute Gasteiger partial charge is 0.238 e. The maximum atomic E-state index is 12.3. The minimum atomic E-state index is 0.0321. The zero-order valence-corrected chi connectivity index (χ0v) is 14.5. The Kier molecular flexibility index (Phi) is 7.40. The van der Waals surface area contributed by atoms with E-state index in [2.05, 4.69) is 24.2 Å². The Morgan fingerprint density at radius 1 is 1.26 bits per heavy atom. The van der Waals surface area contributed by atoms with Gasteiger partial charge in [0.1, 0.15) is 5.75 Å². The molecule has 128 valence electrons. The first-order valence-electron chi connectivity index (χ1n) is 8.92. The summed E-state index contributed by atoms with van der Waals surface area (Å²) in [6, 6.07) is 8.22. The number of nitrogens with one attached hydrogen (secondary N) is 1. The van der Waals surface area contributed by atoms with Crippen LogP contribution in [0.1, 0.15) is 51.9 Å². The summed E-state index contributed by atoms with van der Waals surface area (Å²) in [7, 11) is 2.05. The summed E-state index contributed by atoms with van der Waals surface area (Å²) < 4.78 is 5.77. The summed E-state index contributed by atoms with van der Waals surface area (Å²) in [4.78, 5) is 14.5. The van der Waals surface area contributed by atoms with Crippen molar-refractivity contribution in [1.82, 2.24) is 4.90 Å². The molecule has 0 radical (unpaired) electrons. The number of likely N-dealkylation sites (N-methyl/N-ethyl adjacent to an activating group) is 1. The van der Waals surface area contributed by atoms with Crippen molar-refractivity contribution in [1.29, 1.82) is 0 Å². The minimum absolute atomic E-state index is 0.0321. The van der Waals surface area contributed by atoms with Crippen molar-refractivity contribution >= 4 is 11.6 Å². The molecule has 4 heteroatoms. The van der Waals surface area contributed by atoms with Crippen molar-refractivity contribution in [2.75, 3.05) is 25.5 Å². The number of nitrogens with zero attached hydrogens (tertiary/aromatic N) is 1. The van der Waals surface area contributed by atoms with E-state index in [9.17, 15) is 4.79 Å². The van der Waals surface area contributed by atoms with Crippen molar-refractivity contribution in [3.05, 3.63) is 24.3 Å². The Bertz CT molecular complexity index is 484. The predicted molar refractivity (Wildman–Crippen MR) is 95.0 cm³/mol. The fourth-order valence-corrected chi connectivity index (χ4v) is 3.09. The van der Waals surface area contributed by atoms with E-state index in [1.54, 1.807) is 0 Å². The number of amides is 1. The summed E-state index contributed by atoms with van der Waals surface area (Å²) in [5.74, 6) is 0.791. The summed E-state index contributed by atoms with van der Waals surface area (Å²) in [5.41, 5.74) is 0.769. The van der Waals surface area contributed by atoms with Crippen LogP contribution in [0.15, 0.2) is 24.3 Å². The van der Waals surface area contributed by atoms with Gasteiger partial charge in [0.05, 0.1) is 18.8 Å². The lowest BCUT2D eigenvalue weighted by Gasteiger charge is -2.30. The van der Waals surface area contributed by atoms with Crippen molar-refractivity contribution in [2.24, 2.45) is 0 Å². The maximum absolute atomic E-state index is 12.3. The normalized spacial score (nSPS) is 15.6. The number of hydrogen-bond donors (Lipinski definition) is 1. The van der Waals surface area contributed by atoms with E-state index < -0.39 is 0 Å². The highest BCUT2D eigenvalue weighted by Gasteiger charge is 2.20. The molecule has 0 bridgehead atoms. The first-order chi connectivity index (χ1) is 11.2. The molecule has 0 aliphatic heterocycles. The molecule has 0 saturated heterocycles. The van der Waals surface area contributed by atoms with Gasteiger partial charge in [-0.25, -0.2) is 0 Å². The molecule has 1 aromatic carbocycles. The molecule has 0 spiro atoms. The van der Waals surface area contributed by atoms with Crippen molar-refractivity contribution < 1.29 is 9.53 Å². The number of rotatable bonds is 8. The predicted octanol–water partition coefficient (Wildman–Crippen LogP) is 4.07. The van der Waals surface area contributed by atoms with Crippen molar-refractivity contribution in [2.45, 2.75) is 57.9 Å². The number of para-hydroxylation sites is 2. The second-order valence-corrected chi connectivity index (χ2v) is 6.45. The summed E-state index contributed by atoms with van der Waals surface area (Å²) in [6.45, 7) is 3.26. The van der Waals surface area contributed by atoms with E-state index in [1.807, 2.05) is 24.3 Å². The second-order valence-electron chi connectivity index (χ2n) is 6.45. The number of unbranched alkanes of at least 4 members (excludes halogenated alkanes) is 1. The monoisotopic (exact) mass is 318 g/mol. The van der Waals surface area contributed by atoms with Gasteiger partial charge in [-0.2, -0.15) is 0 Å². The van der Waals surface area contributed by atoms with Gasteiger partial charge in [0.2, 0.25) is 5.91 Å². The Hall–Kier alpha value is -1.55. The van der Waals surface area contributed by atoms with Gasteiger partial charge < -0.3 is 10.1 Å². The van der Waals surface area contributed by atoms with Crippen LogP contribution in [0.4, 0.5) is 5.69 Å². The van der Waals surface area contributed by atoms with Gasteiger partial charge in [-0.1, -0.05) is 44.7 Å². The zero-order valence-electron chi connectivity index (χ0n) is 14.5. The molecule has 1 aliphatic carbocycles. The highest BCUT2D eigenvalue weighted by Crippen LogP contribution is 2.25. The molecule has 1 aromatic rings. The van der Waals surface area contributed by atoms with Crippen LogP contribution in [0.2, 0.25) is 0 Å². The number of ether oxygens (including phenoxy) is 1. The van der Waals surface area contributed by atoms with Crippen molar-refractivity contribution in [3.63, 3.8) is 0 Å². The van der Waals surface area contributed by atoms with Gasteiger partial charge in [-0.05, 0) is 38.4 Å². The number of benzene rings is 1. The van der Waals surface area contributed by atoms with Crippen LogP contribution in [0.5, 0.6) is 5.75 Å². The summed E-state index contributed by atoms with van der Waals surface area (Å²) in [5, 5.41) is 3.00. The first-order valence-corrected chi connectivity index (χ1v) is 8.92. The Balaban J connectivity index is 1.86. The van der Waals surface area contributed by atoms with Gasteiger partial charge in [0, 0.05) is 6.04 Å². The maximum Gasteiger partial charge on any atom is 0.238 e. The fourth-order valence-electron chi connectivity index (χ4n) is 3.09. The fraction of sp³-hybridized carbons (Fsp3) is 0.632. The molecule has 0 heterocycles. The molecule has 1 fully saturated rings. The van der Waals surface area contributed by atoms with Gasteiger partial charge in [-0.3, -0.25) is 9.69 Å². The van der Waals surface area contributed by atoms with E-state index in [0.717, 1.165) is 24.3 Å². The number of anilines is 1. The van der Waals surface area contributed by atoms with E-state index >= 15 is 0 Å². The van der Waals surface area contributed by atoms with Crippen molar-refractivity contribution in [3.8, 4) is 5.75 Å². The Morgan fingerprint density at radius 2 is 2.00 bits per heavy atom. The third-order valence-corrected chi connectivity index (χ3v) is 4.51. The SMILES string of the molecule is CCCCOc1ccccc1NC(=O)CN(C)C1CCCCC1. The molecule has 0 unspecified atom stereocenters. The van der Waals surface area contributed by atoms with Crippen LogP contribution in [0.25, 0.3) is 0 Å². The Labute approximate surface area is 140 Å². The molecule has 1 N–H and O–H groups in total. The lowest BCUT2D eigenvalue weighted by Crippen LogP contribution is -2.39. The molecule has 23 heavy (non-hydrogen) atoms. The van der Waals surface area contributed by atoms with Gasteiger partial charge in [-0.15, -0.1) is 0 Å². The third-order valence-electron chi connectivity index (χ3n) is 4.51. The van der Waals surface area contributed by atoms with E-state index in [4.69, 9.17) is 4.74 Å². The van der Waals surface area contributed by atoms with Crippen LogP contribution in [-0.4, -0.2) is 37.0 Å². The van der Waals surface area contributed by atoms with Gasteiger partial charge in [0.25, 0.3) is 0 Å². The third kappa shape index (κ3) is 5.87. The van der Waals surface area contributed by atoms with Gasteiger partial charge in [0.15, 0.2) is 0 Å². The van der Waals surface area contributed by atoms with E-state index in [1.165, 1.54) is 32.1 Å². The summed E-state index contributed by atoms with van der Waals surface area (Å²) in [6.07, 6.45) is 8.43. The average Bonchev–Trinajstić information content (AvgIpc) is 2.57. The van der Waals surface area contributed by atoms with Crippen LogP contribution in [0, 0.1) is 0 Å². The lowest BCUT2D eigenvalue weighted by atomic mass is 9.94. The summed E-state index contributed by atoms with van der Waals surface area (Å²) >= 11 is 0. The number of hydrogen-bond acceptors (Lipinski definition) is 3. The average molecular weight is 318 g/mol. The van der Waals surface area contributed by atoms with Crippen LogP contribution in [-0.2, 0) is 4.79 Å². The molecule has 4 nitrogen and oxygen atoms in total. The topological polar surface area (TPSA) is 41.6 Å². The van der Waals surface area contributed by atoms with E-state index in [0.29, 0.717) is 19.2 Å². The van der Waals surface area contributed by atoms with Crippen LogP contribution in [0.3, 0.4) is 0 Å². The van der Waals surface area contributed by atoms with Gasteiger partial charge >= 0.3 is 0 Å². The lowest BCUT2D eigenvalue weighted by molar-refractivity contribution is -0.117. The Morgan fingerprint density at radius 3 is 2.74 bits per heavy atom. The molecule has 0 atom stereocenters. The first kappa shape index (κ1) is 17.8. The molecular formula is C19H30N2O2. The zero-order chi connectivity index (χ0) is 16.5. The highest BCUT2D eigenvalue weighted by molar-refractivity contribution is 5.93. The molecule has 1 amide bonds. The number of carbonyl (C=O) groups is 1. The quantitative estimate of drug-likeness (QED) is 0.735. The highest BCUT2D eigenvalue weighted by atomic mass is 16.5. The molecule has 0 aromatic heterocycles. The minimum Gasteiger partial charge on any atom is -0.491 e. The van der Waals surface area contributed by atoms with Crippen LogP contribution < -0.4 is 10.1 Å². The largest absolute Gasteiger partial charge is 0.491 e. The number of carbonyl (C=O) groups excluding carboxylic acids is 1. The molecular weight excluding hydrogens is 288 g/mol. The van der Waals surface area contributed by atoms with Crippen LogP contribution >= 0.6 is 0 Å². The molecule has 2 rings (SSSR count). The molecule has 1 aliphatic rings. The van der Waals surface area contributed by atoms with E-state index in [-0.39, 0.29) is 5.91 Å². The standard InChI is InChI=1S/C19H30N2O2/c1-3-4-14-23-18-13-9-8-12-17(18)20-19(22)15-21(2)16-10-6-5-7-11-16/h8-9,12-13,16H,3-7,10-11,14-15H2,1-2H3,(H,20,22).